The van der Waals surface area contributed by atoms with Crippen molar-refractivity contribution in [2.75, 3.05) is 33.9 Å². The summed E-state index contributed by atoms with van der Waals surface area (Å²) in [5.41, 5.74) is 0.659. The molecule has 0 spiro atoms. The summed E-state index contributed by atoms with van der Waals surface area (Å²) in [5.74, 6) is 0.739. The van der Waals surface area contributed by atoms with Crippen LogP contribution in [0.3, 0.4) is 0 Å². The Morgan fingerprint density at radius 3 is 2.95 bits per heavy atom. The molecular formula is C16H24N2O3. The van der Waals surface area contributed by atoms with Crippen molar-refractivity contribution in [1.29, 1.82) is 0 Å². The fourth-order valence-electron chi connectivity index (χ4n) is 3.04. The third kappa shape index (κ3) is 3.36. The van der Waals surface area contributed by atoms with Crippen LogP contribution in [0, 0.1) is 0 Å². The van der Waals surface area contributed by atoms with E-state index in [0.717, 1.165) is 13.0 Å². The van der Waals surface area contributed by atoms with Gasteiger partial charge in [0.05, 0.1) is 13.7 Å². The molecule has 116 valence electrons. The van der Waals surface area contributed by atoms with Crippen LogP contribution in [0.5, 0.6) is 5.75 Å². The van der Waals surface area contributed by atoms with Crippen molar-refractivity contribution in [3.05, 3.63) is 29.8 Å². The topological polar surface area (TPSA) is 53.0 Å². The largest absolute Gasteiger partial charge is 0.497 e. The number of aliphatic hydroxyl groups is 1. The second kappa shape index (κ2) is 6.91. The summed E-state index contributed by atoms with van der Waals surface area (Å²) >= 11 is 0. The van der Waals surface area contributed by atoms with Crippen molar-refractivity contribution in [2.45, 2.75) is 25.4 Å². The van der Waals surface area contributed by atoms with Gasteiger partial charge in [-0.2, -0.15) is 0 Å². The van der Waals surface area contributed by atoms with E-state index in [9.17, 15) is 4.79 Å². The molecule has 1 fully saturated rings. The van der Waals surface area contributed by atoms with Crippen molar-refractivity contribution in [1.82, 2.24) is 9.80 Å². The number of hydrogen-bond acceptors (Lipinski definition) is 4. The zero-order valence-corrected chi connectivity index (χ0v) is 13.0. The lowest BCUT2D eigenvalue weighted by Crippen LogP contribution is -2.44. The summed E-state index contributed by atoms with van der Waals surface area (Å²) in [6.07, 6.45) is 0.938. The number of aliphatic hydroxyl groups excluding tert-OH is 1. The van der Waals surface area contributed by atoms with E-state index in [0.29, 0.717) is 23.9 Å². The number of likely N-dealkylation sites (tertiary alicyclic amines) is 1. The number of ether oxygens (including phenoxy) is 1. The number of rotatable bonds is 5. The molecule has 1 aliphatic rings. The number of likely N-dealkylation sites (N-methyl/N-ethyl adjacent to an activating group) is 1. The fourth-order valence-corrected chi connectivity index (χ4v) is 3.04. The quantitative estimate of drug-likeness (QED) is 0.886. The molecule has 21 heavy (non-hydrogen) atoms. The van der Waals surface area contributed by atoms with Crippen LogP contribution in [-0.2, 0) is 0 Å². The maximum absolute atomic E-state index is 12.7. The van der Waals surface area contributed by atoms with E-state index in [2.05, 4.69) is 11.8 Å². The van der Waals surface area contributed by atoms with E-state index in [4.69, 9.17) is 9.84 Å². The Morgan fingerprint density at radius 2 is 2.29 bits per heavy atom. The molecule has 0 bridgehead atoms. The average Bonchev–Trinajstić information content (AvgIpc) is 2.88. The van der Waals surface area contributed by atoms with Gasteiger partial charge in [0.2, 0.25) is 0 Å². The Labute approximate surface area is 126 Å². The lowest BCUT2D eigenvalue weighted by atomic mass is 10.1. The molecule has 1 aliphatic heterocycles. The minimum Gasteiger partial charge on any atom is -0.497 e. The van der Waals surface area contributed by atoms with Gasteiger partial charge < -0.3 is 14.7 Å². The van der Waals surface area contributed by atoms with Crippen molar-refractivity contribution in [3.63, 3.8) is 0 Å². The molecule has 1 N–H and O–H groups in total. The molecule has 1 saturated heterocycles. The number of benzene rings is 1. The second-order valence-electron chi connectivity index (χ2n) is 5.53. The molecule has 0 unspecified atom stereocenters. The fraction of sp³-hybridized carbons (Fsp3) is 0.562. The molecule has 0 saturated carbocycles. The molecule has 2 rings (SSSR count). The van der Waals surface area contributed by atoms with Gasteiger partial charge in [0, 0.05) is 30.7 Å². The van der Waals surface area contributed by atoms with Gasteiger partial charge in [-0.15, -0.1) is 0 Å². The van der Waals surface area contributed by atoms with E-state index in [1.54, 1.807) is 13.2 Å². The smallest absolute Gasteiger partial charge is 0.254 e. The second-order valence-corrected chi connectivity index (χ2v) is 5.53. The van der Waals surface area contributed by atoms with E-state index in [1.165, 1.54) is 0 Å². The zero-order chi connectivity index (χ0) is 15.4. The number of carbonyl (C=O) groups excluding carboxylic acids is 1. The maximum Gasteiger partial charge on any atom is 0.254 e. The molecular weight excluding hydrogens is 268 g/mol. The highest BCUT2D eigenvalue weighted by Crippen LogP contribution is 2.25. The molecule has 1 heterocycles. The Kier molecular flexibility index (Phi) is 5.20. The van der Waals surface area contributed by atoms with Crippen LogP contribution in [0.2, 0.25) is 0 Å². The van der Waals surface area contributed by atoms with Crippen LogP contribution in [0.1, 0.15) is 23.7 Å². The number of methoxy groups -OCH3 is 1. The van der Waals surface area contributed by atoms with Crippen LogP contribution in [0.4, 0.5) is 0 Å². The molecule has 1 aromatic carbocycles. The normalized spacial score (nSPS) is 21.9. The van der Waals surface area contributed by atoms with Crippen LogP contribution in [0.15, 0.2) is 24.3 Å². The molecule has 5 heteroatoms. The summed E-state index contributed by atoms with van der Waals surface area (Å²) in [7, 11) is 3.60. The van der Waals surface area contributed by atoms with Crippen LogP contribution < -0.4 is 4.74 Å². The highest BCUT2D eigenvalue weighted by Gasteiger charge is 2.36. The lowest BCUT2D eigenvalue weighted by molar-refractivity contribution is 0.0706. The minimum atomic E-state index is 0.0429. The Morgan fingerprint density at radius 1 is 1.52 bits per heavy atom. The van der Waals surface area contributed by atoms with Gasteiger partial charge in [0.1, 0.15) is 5.75 Å². The Bertz CT molecular complexity index is 492. The number of carbonyl (C=O) groups is 1. The van der Waals surface area contributed by atoms with Crippen molar-refractivity contribution in [3.8, 4) is 5.75 Å². The SMILES string of the molecule is COc1cccc(C(=O)N2CC[C@@H](N(C)CCO)[C@H]2C)c1. The average molecular weight is 292 g/mol. The van der Waals surface area contributed by atoms with E-state index in [-0.39, 0.29) is 18.6 Å². The maximum atomic E-state index is 12.7. The molecule has 1 aromatic rings. The monoisotopic (exact) mass is 292 g/mol. The molecule has 1 amide bonds. The summed E-state index contributed by atoms with van der Waals surface area (Å²) in [6.45, 7) is 3.60. The van der Waals surface area contributed by atoms with Crippen molar-refractivity contribution >= 4 is 5.91 Å². The molecule has 0 aromatic heterocycles. The number of nitrogens with zero attached hydrogens (tertiary/aromatic N) is 2. The Balaban J connectivity index is 2.10. The lowest BCUT2D eigenvalue weighted by Gasteiger charge is -2.30. The first-order valence-electron chi connectivity index (χ1n) is 7.34. The van der Waals surface area contributed by atoms with Crippen molar-refractivity contribution < 1.29 is 14.6 Å². The van der Waals surface area contributed by atoms with Gasteiger partial charge in [0.25, 0.3) is 5.91 Å². The Hall–Kier alpha value is -1.59. The van der Waals surface area contributed by atoms with Gasteiger partial charge in [0.15, 0.2) is 0 Å². The van der Waals surface area contributed by atoms with Gasteiger partial charge in [-0.3, -0.25) is 9.69 Å². The highest BCUT2D eigenvalue weighted by molar-refractivity contribution is 5.95. The van der Waals surface area contributed by atoms with Crippen LogP contribution >= 0.6 is 0 Å². The third-order valence-corrected chi connectivity index (χ3v) is 4.31. The summed E-state index contributed by atoms with van der Waals surface area (Å²) in [4.78, 5) is 16.7. The van der Waals surface area contributed by atoms with E-state index in [1.807, 2.05) is 30.1 Å². The van der Waals surface area contributed by atoms with Gasteiger partial charge in [-0.05, 0) is 38.6 Å². The van der Waals surface area contributed by atoms with Crippen LogP contribution in [-0.4, -0.2) is 66.8 Å². The first kappa shape index (κ1) is 15.8. The summed E-state index contributed by atoms with van der Waals surface area (Å²) < 4.78 is 5.18. The number of hydrogen-bond donors (Lipinski definition) is 1. The number of amides is 1. The molecule has 0 aliphatic carbocycles. The first-order chi connectivity index (χ1) is 10.1. The minimum absolute atomic E-state index is 0.0429. The van der Waals surface area contributed by atoms with Gasteiger partial charge >= 0.3 is 0 Å². The summed E-state index contributed by atoms with van der Waals surface area (Å²) in [6, 6.07) is 7.71. The van der Waals surface area contributed by atoms with E-state index < -0.39 is 0 Å². The van der Waals surface area contributed by atoms with E-state index >= 15 is 0 Å². The van der Waals surface area contributed by atoms with Gasteiger partial charge in [-0.25, -0.2) is 0 Å². The van der Waals surface area contributed by atoms with Gasteiger partial charge in [-0.1, -0.05) is 6.07 Å². The standard InChI is InChI=1S/C16H24N2O3/c1-12-15(17(2)9-10-19)7-8-18(12)16(20)13-5-4-6-14(11-13)21-3/h4-6,11-12,15,19H,7-10H2,1-3H3/t12-,15-/m1/s1. The predicted octanol–water partition coefficient (Wildman–Crippen LogP) is 1.22. The van der Waals surface area contributed by atoms with Crippen LogP contribution in [0.25, 0.3) is 0 Å². The molecule has 5 nitrogen and oxygen atoms in total. The first-order valence-corrected chi connectivity index (χ1v) is 7.34. The summed E-state index contributed by atoms with van der Waals surface area (Å²) in [5, 5.41) is 9.06. The highest BCUT2D eigenvalue weighted by atomic mass is 16.5. The third-order valence-electron chi connectivity index (χ3n) is 4.31. The predicted molar refractivity (Wildman–Crippen MR) is 81.6 cm³/mol. The zero-order valence-electron chi connectivity index (χ0n) is 13.0. The molecule has 2 atom stereocenters. The van der Waals surface area contributed by atoms with Crippen molar-refractivity contribution in [2.24, 2.45) is 0 Å². The molecule has 0 radical (unpaired) electrons.